The number of thiophene rings is 1. The Morgan fingerprint density at radius 2 is 1.93 bits per heavy atom. The molecular weight excluding hydrogens is 402 g/mol. The molecule has 0 spiro atoms. The summed E-state index contributed by atoms with van der Waals surface area (Å²) in [7, 11) is 0. The molecule has 0 radical (unpaired) electrons. The molecule has 0 bridgehead atoms. The van der Waals surface area contributed by atoms with Gasteiger partial charge in [0.2, 0.25) is 0 Å². The molecule has 0 saturated heterocycles. The summed E-state index contributed by atoms with van der Waals surface area (Å²) < 4.78 is 6.31. The summed E-state index contributed by atoms with van der Waals surface area (Å²) in [6.45, 7) is 1.61. The third-order valence-corrected chi connectivity index (χ3v) is 5.30. The van der Waals surface area contributed by atoms with Gasteiger partial charge in [-0.2, -0.15) is 9.78 Å². The zero-order chi connectivity index (χ0) is 21.1. The summed E-state index contributed by atoms with van der Waals surface area (Å²) >= 11 is 1.43. The Bertz CT molecular complexity index is 1290. The molecule has 2 aromatic carbocycles. The van der Waals surface area contributed by atoms with Crippen molar-refractivity contribution in [3.8, 4) is 16.9 Å². The maximum atomic E-state index is 13.0. The van der Waals surface area contributed by atoms with Gasteiger partial charge >= 0.3 is 5.97 Å². The third kappa shape index (κ3) is 4.13. The van der Waals surface area contributed by atoms with Gasteiger partial charge in [-0.05, 0) is 42.3 Å². The van der Waals surface area contributed by atoms with E-state index >= 15 is 0 Å². The molecule has 0 aliphatic heterocycles. The Hall–Kier alpha value is -3.78. The number of carboxylic acids is 1. The molecule has 4 aromatic rings. The van der Waals surface area contributed by atoms with E-state index in [2.05, 4.69) is 10.1 Å². The summed E-state index contributed by atoms with van der Waals surface area (Å²) in [4.78, 5) is 28.6. The number of benzene rings is 2. The zero-order valence-corrected chi connectivity index (χ0v) is 16.8. The Balaban J connectivity index is 1.62. The normalized spacial score (nSPS) is 11.2. The molecular formula is C22H17N3O4S. The van der Waals surface area contributed by atoms with Gasteiger partial charge in [-0.3, -0.25) is 4.79 Å². The SMILES string of the molecule is Cc1ccc(-c2csc3ncn(/N=C\c4ccc(OCC(=O)O)cc4)c(=O)c23)cc1. The van der Waals surface area contributed by atoms with Gasteiger partial charge in [-0.25, -0.2) is 9.78 Å². The molecule has 4 rings (SSSR count). The lowest BCUT2D eigenvalue weighted by atomic mass is 10.1. The van der Waals surface area contributed by atoms with Crippen LogP contribution in [0.25, 0.3) is 21.3 Å². The first kappa shape index (κ1) is 19.5. The minimum absolute atomic E-state index is 0.241. The number of hydrogen-bond donors (Lipinski definition) is 1. The largest absolute Gasteiger partial charge is 0.482 e. The fourth-order valence-corrected chi connectivity index (χ4v) is 3.78. The molecule has 2 heterocycles. The van der Waals surface area contributed by atoms with Crippen LogP contribution in [0.5, 0.6) is 5.75 Å². The van der Waals surface area contributed by atoms with Crippen molar-refractivity contribution in [2.45, 2.75) is 6.92 Å². The Morgan fingerprint density at radius 3 is 2.63 bits per heavy atom. The molecule has 150 valence electrons. The van der Waals surface area contributed by atoms with Crippen molar-refractivity contribution in [2.75, 3.05) is 6.61 Å². The fraction of sp³-hybridized carbons (Fsp3) is 0.0909. The van der Waals surface area contributed by atoms with Crippen molar-refractivity contribution < 1.29 is 14.6 Å². The van der Waals surface area contributed by atoms with Crippen LogP contribution in [0.1, 0.15) is 11.1 Å². The number of hydrogen-bond acceptors (Lipinski definition) is 6. The van der Waals surface area contributed by atoms with Gasteiger partial charge in [0.1, 0.15) is 16.9 Å². The molecule has 0 amide bonds. The Kier molecular flexibility index (Phi) is 5.40. The van der Waals surface area contributed by atoms with E-state index in [-0.39, 0.29) is 5.56 Å². The standard InChI is InChI=1S/C22H17N3O4S/c1-14-2-6-16(7-3-14)18-12-30-21-20(18)22(28)25(13-23-21)24-10-15-4-8-17(9-5-15)29-11-19(26)27/h2-10,12-13H,11H2,1H3,(H,26,27)/b24-10-. The van der Waals surface area contributed by atoms with E-state index in [9.17, 15) is 9.59 Å². The molecule has 0 saturated carbocycles. The number of carboxylic acid groups (broad SMARTS) is 1. The molecule has 0 atom stereocenters. The van der Waals surface area contributed by atoms with Crippen LogP contribution >= 0.6 is 11.3 Å². The molecule has 30 heavy (non-hydrogen) atoms. The number of aryl methyl sites for hydroxylation is 1. The predicted molar refractivity (Wildman–Crippen MR) is 117 cm³/mol. The van der Waals surface area contributed by atoms with E-state index in [1.165, 1.54) is 28.6 Å². The minimum atomic E-state index is -1.04. The van der Waals surface area contributed by atoms with E-state index in [1.54, 1.807) is 24.3 Å². The Morgan fingerprint density at radius 1 is 1.20 bits per heavy atom. The third-order valence-electron chi connectivity index (χ3n) is 4.41. The van der Waals surface area contributed by atoms with Gasteiger partial charge in [-0.1, -0.05) is 29.8 Å². The highest BCUT2D eigenvalue weighted by Gasteiger charge is 2.13. The number of aromatic nitrogens is 2. The monoisotopic (exact) mass is 419 g/mol. The van der Waals surface area contributed by atoms with E-state index in [0.717, 1.165) is 22.3 Å². The van der Waals surface area contributed by atoms with Crippen LogP contribution in [0.15, 0.2) is 70.1 Å². The van der Waals surface area contributed by atoms with E-state index in [1.807, 2.05) is 36.6 Å². The first-order valence-electron chi connectivity index (χ1n) is 9.06. The smallest absolute Gasteiger partial charge is 0.341 e. The molecule has 2 aromatic heterocycles. The summed E-state index contributed by atoms with van der Waals surface area (Å²) in [6, 6.07) is 14.7. The first-order valence-corrected chi connectivity index (χ1v) is 9.94. The molecule has 1 N–H and O–H groups in total. The molecule has 8 heteroatoms. The molecule has 0 aliphatic rings. The number of aliphatic carboxylic acids is 1. The van der Waals surface area contributed by atoms with Crippen molar-refractivity contribution in [3.05, 3.63) is 81.7 Å². The van der Waals surface area contributed by atoms with Crippen molar-refractivity contribution in [1.29, 1.82) is 0 Å². The quantitative estimate of drug-likeness (QED) is 0.480. The van der Waals surface area contributed by atoms with Crippen LogP contribution in [0.2, 0.25) is 0 Å². The predicted octanol–water partition coefficient (Wildman–Crippen LogP) is 3.78. The van der Waals surface area contributed by atoms with E-state index < -0.39 is 12.6 Å². The molecule has 0 unspecified atom stereocenters. The second-order valence-electron chi connectivity index (χ2n) is 6.59. The topological polar surface area (TPSA) is 93.8 Å². The van der Waals surface area contributed by atoms with Crippen molar-refractivity contribution in [3.63, 3.8) is 0 Å². The number of fused-ring (bicyclic) bond motifs is 1. The molecule has 0 fully saturated rings. The second kappa shape index (κ2) is 8.30. The summed E-state index contributed by atoms with van der Waals surface area (Å²) in [5, 5.41) is 15.4. The summed E-state index contributed by atoms with van der Waals surface area (Å²) in [6.07, 6.45) is 2.94. The highest BCUT2D eigenvalue weighted by atomic mass is 32.1. The maximum Gasteiger partial charge on any atom is 0.341 e. The summed E-state index contributed by atoms with van der Waals surface area (Å²) in [5.41, 5.74) is 3.45. The first-order chi connectivity index (χ1) is 14.5. The van der Waals surface area contributed by atoms with Gasteiger partial charge < -0.3 is 9.84 Å². The van der Waals surface area contributed by atoms with Crippen molar-refractivity contribution >= 4 is 33.7 Å². The number of rotatable bonds is 6. The van der Waals surface area contributed by atoms with Gasteiger partial charge in [0, 0.05) is 10.9 Å². The lowest BCUT2D eigenvalue weighted by Crippen LogP contribution is -2.16. The number of carbonyl (C=O) groups is 1. The minimum Gasteiger partial charge on any atom is -0.482 e. The van der Waals surface area contributed by atoms with Gasteiger partial charge in [0.05, 0.1) is 11.6 Å². The lowest BCUT2D eigenvalue weighted by molar-refractivity contribution is -0.139. The van der Waals surface area contributed by atoms with Crippen LogP contribution in [0.3, 0.4) is 0 Å². The molecule has 7 nitrogen and oxygen atoms in total. The van der Waals surface area contributed by atoms with Crippen LogP contribution in [0.4, 0.5) is 0 Å². The average molecular weight is 419 g/mol. The van der Waals surface area contributed by atoms with Gasteiger partial charge in [0.25, 0.3) is 5.56 Å². The Labute approximate surface area is 175 Å². The van der Waals surface area contributed by atoms with Crippen LogP contribution in [-0.2, 0) is 4.79 Å². The van der Waals surface area contributed by atoms with Crippen LogP contribution < -0.4 is 10.3 Å². The number of nitrogens with zero attached hydrogens (tertiary/aromatic N) is 3. The van der Waals surface area contributed by atoms with Crippen LogP contribution in [-0.4, -0.2) is 33.6 Å². The van der Waals surface area contributed by atoms with E-state index in [0.29, 0.717) is 16.0 Å². The zero-order valence-electron chi connectivity index (χ0n) is 16.0. The highest BCUT2D eigenvalue weighted by Crippen LogP contribution is 2.30. The van der Waals surface area contributed by atoms with E-state index in [4.69, 9.17) is 9.84 Å². The van der Waals surface area contributed by atoms with Crippen LogP contribution in [0, 0.1) is 6.92 Å². The number of ether oxygens (including phenoxy) is 1. The molecule has 0 aliphatic carbocycles. The van der Waals surface area contributed by atoms with Crippen molar-refractivity contribution in [2.24, 2.45) is 5.10 Å². The second-order valence-corrected chi connectivity index (χ2v) is 7.44. The van der Waals surface area contributed by atoms with Gasteiger partial charge in [0.15, 0.2) is 6.61 Å². The fourth-order valence-electron chi connectivity index (χ4n) is 2.88. The lowest BCUT2D eigenvalue weighted by Gasteiger charge is -2.03. The summed E-state index contributed by atoms with van der Waals surface area (Å²) in [5.74, 6) is -0.600. The van der Waals surface area contributed by atoms with Crippen molar-refractivity contribution in [1.82, 2.24) is 9.66 Å². The average Bonchev–Trinajstić information content (AvgIpc) is 3.18. The highest BCUT2D eigenvalue weighted by molar-refractivity contribution is 7.17. The van der Waals surface area contributed by atoms with Gasteiger partial charge in [-0.15, -0.1) is 11.3 Å². The maximum absolute atomic E-state index is 13.0.